The molecule has 0 aromatic carbocycles. The lowest BCUT2D eigenvalue weighted by Gasteiger charge is -2.22. The molecule has 70 heavy (non-hydrogen) atoms. The van der Waals surface area contributed by atoms with Crippen molar-refractivity contribution in [2.45, 2.75) is 386 Å². The zero-order valence-corrected chi connectivity index (χ0v) is 47.8. The van der Waals surface area contributed by atoms with Gasteiger partial charge in [-0.15, -0.1) is 0 Å². The molecule has 2 unspecified atom stereocenters. The predicted octanol–water partition coefficient (Wildman–Crippen LogP) is 20.3. The largest absolute Gasteiger partial charge is 0.466 e. The van der Waals surface area contributed by atoms with Crippen LogP contribution in [-0.2, 0) is 14.3 Å². The molecule has 2 atom stereocenters. The van der Waals surface area contributed by atoms with Gasteiger partial charge in [0.05, 0.1) is 25.4 Å². The van der Waals surface area contributed by atoms with Crippen LogP contribution in [0.25, 0.3) is 0 Å². The second-order valence-electron chi connectivity index (χ2n) is 22.5. The molecule has 0 heterocycles. The highest BCUT2D eigenvalue weighted by atomic mass is 16.5. The Bertz CT molecular complexity index is 1010. The maximum Gasteiger partial charge on any atom is 0.305 e. The Morgan fingerprint density at radius 2 is 0.586 bits per heavy atom. The molecule has 6 nitrogen and oxygen atoms in total. The van der Waals surface area contributed by atoms with E-state index < -0.39 is 12.1 Å². The second-order valence-corrected chi connectivity index (χ2v) is 22.5. The van der Waals surface area contributed by atoms with E-state index in [0.717, 1.165) is 38.5 Å². The number of nitrogens with one attached hydrogen (secondary N) is 1. The van der Waals surface area contributed by atoms with Crippen molar-refractivity contribution in [2.24, 2.45) is 0 Å². The Balaban J connectivity index is 3.38. The number of aliphatic hydroxyl groups excluding tert-OH is 2. The van der Waals surface area contributed by atoms with E-state index in [4.69, 9.17) is 4.74 Å². The molecule has 0 bridgehead atoms. The highest BCUT2D eigenvalue weighted by Crippen LogP contribution is 2.19. The van der Waals surface area contributed by atoms with Crippen LogP contribution in [0.15, 0.2) is 0 Å². The summed E-state index contributed by atoms with van der Waals surface area (Å²) < 4.78 is 5.50. The standard InChI is InChI=1S/C64H127NO5/c1-3-5-7-9-11-13-15-17-19-21-23-25-30-34-38-42-46-50-54-58-64(69)70-59-55-51-47-43-39-35-31-27-26-29-33-37-41-45-49-53-57-63(68)65-61(60-66)62(67)56-52-48-44-40-36-32-28-24-22-20-18-16-14-12-10-8-6-4-2/h61-62,66-67H,3-60H2,1-2H3,(H,65,68). The van der Waals surface area contributed by atoms with Gasteiger partial charge in [0.15, 0.2) is 0 Å². The molecule has 0 radical (unpaired) electrons. The zero-order chi connectivity index (χ0) is 50.7. The van der Waals surface area contributed by atoms with Gasteiger partial charge in [-0.2, -0.15) is 0 Å². The van der Waals surface area contributed by atoms with Crippen molar-refractivity contribution in [1.29, 1.82) is 0 Å². The van der Waals surface area contributed by atoms with Crippen LogP contribution < -0.4 is 5.32 Å². The fourth-order valence-electron chi connectivity index (χ4n) is 10.5. The van der Waals surface area contributed by atoms with E-state index in [0.29, 0.717) is 25.9 Å². The summed E-state index contributed by atoms with van der Waals surface area (Å²) >= 11 is 0. The normalized spacial score (nSPS) is 12.5. The van der Waals surface area contributed by atoms with Gasteiger partial charge in [0.1, 0.15) is 0 Å². The fourth-order valence-corrected chi connectivity index (χ4v) is 10.5. The average molecular weight is 991 g/mol. The summed E-state index contributed by atoms with van der Waals surface area (Å²) in [5.74, 6) is -0.0278. The molecule has 0 aromatic heterocycles. The van der Waals surface area contributed by atoms with Crippen molar-refractivity contribution < 1.29 is 24.5 Å². The summed E-state index contributed by atoms with van der Waals surface area (Å²) in [7, 11) is 0. The van der Waals surface area contributed by atoms with Crippen LogP contribution in [0.2, 0.25) is 0 Å². The van der Waals surface area contributed by atoms with Crippen LogP contribution in [-0.4, -0.2) is 47.4 Å². The van der Waals surface area contributed by atoms with Crippen LogP contribution in [0.5, 0.6) is 0 Å². The van der Waals surface area contributed by atoms with Crippen molar-refractivity contribution in [1.82, 2.24) is 5.32 Å². The monoisotopic (exact) mass is 990 g/mol. The zero-order valence-electron chi connectivity index (χ0n) is 47.8. The minimum Gasteiger partial charge on any atom is -0.466 e. The van der Waals surface area contributed by atoms with Gasteiger partial charge in [-0.3, -0.25) is 9.59 Å². The van der Waals surface area contributed by atoms with E-state index in [1.807, 2.05) is 0 Å². The summed E-state index contributed by atoms with van der Waals surface area (Å²) in [5.41, 5.74) is 0. The average Bonchev–Trinajstić information content (AvgIpc) is 3.36. The molecule has 0 rings (SSSR count). The number of aliphatic hydroxyl groups is 2. The summed E-state index contributed by atoms with van der Waals surface area (Å²) in [6, 6.07) is -0.546. The second kappa shape index (κ2) is 60.4. The smallest absolute Gasteiger partial charge is 0.305 e. The molecule has 0 saturated carbocycles. The number of hydrogen-bond donors (Lipinski definition) is 3. The van der Waals surface area contributed by atoms with Gasteiger partial charge in [0.2, 0.25) is 5.91 Å². The third-order valence-corrected chi connectivity index (χ3v) is 15.4. The molecule has 0 spiro atoms. The Morgan fingerprint density at radius 3 is 0.871 bits per heavy atom. The fraction of sp³-hybridized carbons (Fsp3) is 0.969. The highest BCUT2D eigenvalue weighted by molar-refractivity contribution is 5.76. The Kier molecular flexibility index (Phi) is 59.4. The maximum absolute atomic E-state index is 12.5. The van der Waals surface area contributed by atoms with Gasteiger partial charge < -0.3 is 20.3 Å². The third kappa shape index (κ3) is 56.2. The van der Waals surface area contributed by atoms with Crippen LogP contribution in [0.3, 0.4) is 0 Å². The molecule has 0 aliphatic carbocycles. The Labute approximate surface area is 438 Å². The molecule has 6 heteroatoms. The van der Waals surface area contributed by atoms with E-state index in [-0.39, 0.29) is 18.5 Å². The molecule has 3 N–H and O–H groups in total. The molecular formula is C64H127NO5. The number of esters is 1. The van der Waals surface area contributed by atoms with Gasteiger partial charge >= 0.3 is 5.97 Å². The molecule has 0 fully saturated rings. The van der Waals surface area contributed by atoms with Crippen LogP contribution in [0.4, 0.5) is 0 Å². The number of rotatable bonds is 61. The van der Waals surface area contributed by atoms with Crippen molar-refractivity contribution in [2.75, 3.05) is 13.2 Å². The molecule has 1 amide bonds. The molecule has 418 valence electrons. The minimum absolute atomic E-state index is 0.00943. The topological polar surface area (TPSA) is 95.9 Å². The SMILES string of the molecule is CCCCCCCCCCCCCCCCCCCCCC(=O)OCCCCCCCCCCCCCCCCCCC(=O)NC(CO)C(O)CCCCCCCCCCCCCCCCCCCC. The third-order valence-electron chi connectivity index (χ3n) is 15.4. The number of amides is 1. The highest BCUT2D eigenvalue weighted by Gasteiger charge is 2.20. The quantitative estimate of drug-likeness (QED) is 0.0417. The van der Waals surface area contributed by atoms with Gasteiger partial charge in [-0.05, 0) is 25.7 Å². The number of carbonyl (C=O) groups excluding carboxylic acids is 2. The van der Waals surface area contributed by atoms with Crippen LogP contribution in [0, 0.1) is 0 Å². The molecule has 0 aromatic rings. The summed E-state index contributed by atoms with van der Waals surface area (Å²) in [6.45, 7) is 4.98. The first-order valence-electron chi connectivity index (χ1n) is 32.3. The first-order valence-corrected chi connectivity index (χ1v) is 32.3. The summed E-state index contributed by atoms with van der Waals surface area (Å²) in [6.07, 6.45) is 71.1. The first kappa shape index (κ1) is 68.9. The molecule has 0 aliphatic heterocycles. The maximum atomic E-state index is 12.5. The summed E-state index contributed by atoms with van der Waals surface area (Å²) in [5, 5.41) is 23.3. The van der Waals surface area contributed by atoms with E-state index in [1.165, 1.54) is 302 Å². The van der Waals surface area contributed by atoms with Gasteiger partial charge in [0.25, 0.3) is 0 Å². The molecule has 0 aliphatic rings. The van der Waals surface area contributed by atoms with Crippen molar-refractivity contribution in [3.8, 4) is 0 Å². The molecule has 0 saturated heterocycles. The molecular weight excluding hydrogens is 863 g/mol. The van der Waals surface area contributed by atoms with Crippen molar-refractivity contribution >= 4 is 11.9 Å². The first-order chi connectivity index (χ1) is 34.5. The van der Waals surface area contributed by atoms with Crippen molar-refractivity contribution in [3.05, 3.63) is 0 Å². The number of unbranched alkanes of at least 4 members (excludes halogenated alkanes) is 50. The predicted molar refractivity (Wildman–Crippen MR) is 306 cm³/mol. The van der Waals surface area contributed by atoms with Gasteiger partial charge in [0, 0.05) is 12.8 Å². The lowest BCUT2D eigenvalue weighted by atomic mass is 10.0. The van der Waals surface area contributed by atoms with Crippen LogP contribution >= 0.6 is 0 Å². The summed E-state index contributed by atoms with van der Waals surface area (Å²) in [4.78, 5) is 24.6. The Hall–Kier alpha value is -1.14. The minimum atomic E-state index is -0.668. The Morgan fingerprint density at radius 1 is 0.343 bits per heavy atom. The lowest BCUT2D eigenvalue weighted by Crippen LogP contribution is -2.45. The lowest BCUT2D eigenvalue weighted by molar-refractivity contribution is -0.143. The van der Waals surface area contributed by atoms with E-state index in [1.54, 1.807) is 0 Å². The van der Waals surface area contributed by atoms with E-state index >= 15 is 0 Å². The number of ether oxygens (including phenoxy) is 1. The van der Waals surface area contributed by atoms with E-state index in [2.05, 4.69) is 19.2 Å². The van der Waals surface area contributed by atoms with Crippen molar-refractivity contribution in [3.63, 3.8) is 0 Å². The van der Waals surface area contributed by atoms with Gasteiger partial charge in [-0.1, -0.05) is 335 Å². The van der Waals surface area contributed by atoms with Crippen LogP contribution in [0.1, 0.15) is 373 Å². The number of carbonyl (C=O) groups is 2. The van der Waals surface area contributed by atoms with E-state index in [9.17, 15) is 19.8 Å². The van der Waals surface area contributed by atoms with Gasteiger partial charge in [-0.25, -0.2) is 0 Å². The number of hydrogen-bond acceptors (Lipinski definition) is 5.